The van der Waals surface area contributed by atoms with E-state index < -0.39 is 0 Å². The van der Waals surface area contributed by atoms with E-state index in [2.05, 4.69) is 19.1 Å². The van der Waals surface area contributed by atoms with Crippen molar-refractivity contribution in [3.05, 3.63) is 53.6 Å². The van der Waals surface area contributed by atoms with Crippen molar-refractivity contribution >= 4 is 6.29 Å². The van der Waals surface area contributed by atoms with Crippen molar-refractivity contribution in [2.75, 3.05) is 7.11 Å². The molecular weight excluding hydrogens is 212 g/mol. The van der Waals surface area contributed by atoms with Gasteiger partial charge in [-0.25, -0.2) is 0 Å². The Hall–Kier alpha value is -2.09. The maximum absolute atomic E-state index is 10.8. The highest BCUT2D eigenvalue weighted by Crippen LogP contribution is 2.28. The zero-order chi connectivity index (χ0) is 12.3. The second-order valence-electron chi connectivity index (χ2n) is 3.89. The van der Waals surface area contributed by atoms with Gasteiger partial charge in [0.25, 0.3) is 0 Å². The van der Waals surface area contributed by atoms with Gasteiger partial charge in [0, 0.05) is 0 Å². The first-order valence-corrected chi connectivity index (χ1v) is 5.45. The summed E-state index contributed by atoms with van der Waals surface area (Å²) in [5.74, 6) is 0.612. The van der Waals surface area contributed by atoms with Crippen LogP contribution in [0.5, 0.6) is 5.75 Å². The van der Waals surface area contributed by atoms with Crippen LogP contribution in [0.25, 0.3) is 11.1 Å². The number of carbonyl (C=O) groups is 1. The molecular formula is C15H14O2. The van der Waals surface area contributed by atoms with Gasteiger partial charge in [-0.15, -0.1) is 0 Å². The van der Waals surface area contributed by atoms with Crippen LogP contribution < -0.4 is 4.74 Å². The summed E-state index contributed by atoms with van der Waals surface area (Å²) in [5.41, 5.74) is 3.99. The van der Waals surface area contributed by atoms with E-state index in [4.69, 9.17) is 4.74 Å². The lowest BCUT2D eigenvalue weighted by molar-refractivity contribution is 0.112. The summed E-state index contributed by atoms with van der Waals surface area (Å²) in [5, 5.41) is 0. The van der Waals surface area contributed by atoms with Gasteiger partial charge in [-0.1, -0.05) is 30.3 Å². The van der Waals surface area contributed by atoms with Crippen molar-refractivity contribution < 1.29 is 9.53 Å². The van der Waals surface area contributed by atoms with Crippen LogP contribution in [0.3, 0.4) is 0 Å². The Morgan fingerprint density at radius 1 is 1.12 bits per heavy atom. The number of hydrogen-bond acceptors (Lipinski definition) is 2. The highest BCUT2D eigenvalue weighted by Gasteiger charge is 2.06. The zero-order valence-corrected chi connectivity index (χ0v) is 9.94. The van der Waals surface area contributed by atoms with Crippen LogP contribution in [0.1, 0.15) is 15.9 Å². The Labute approximate surface area is 101 Å². The predicted molar refractivity (Wildman–Crippen MR) is 68.6 cm³/mol. The molecule has 0 saturated heterocycles. The molecule has 0 aromatic heterocycles. The smallest absolute Gasteiger partial charge is 0.153 e. The van der Waals surface area contributed by atoms with Gasteiger partial charge in [0.05, 0.1) is 12.7 Å². The molecule has 2 aromatic rings. The molecule has 2 heteroatoms. The summed E-state index contributed by atoms with van der Waals surface area (Å²) >= 11 is 0. The topological polar surface area (TPSA) is 26.3 Å². The average Bonchev–Trinajstić information content (AvgIpc) is 2.38. The normalized spacial score (nSPS) is 10.0. The Kier molecular flexibility index (Phi) is 3.24. The summed E-state index contributed by atoms with van der Waals surface area (Å²) < 4.78 is 5.21. The van der Waals surface area contributed by atoms with Crippen molar-refractivity contribution in [3.63, 3.8) is 0 Å². The first kappa shape index (κ1) is 11.4. The number of hydrogen-bond donors (Lipinski definition) is 0. The molecule has 2 rings (SSSR count). The summed E-state index contributed by atoms with van der Waals surface area (Å²) in [4.78, 5) is 10.8. The molecule has 2 nitrogen and oxygen atoms in total. The van der Waals surface area contributed by atoms with Crippen molar-refractivity contribution in [1.82, 2.24) is 0 Å². The second kappa shape index (κ2) is 4.83. The minimum Gasteiger partial charge on any atom is -0.496 e. The van der Waals surface area contributed by atoms with Crippen LogP contribution in [0, 0.1) is 6.92 Å². The molecule has 0 spiro atoms. The molecule has 17 heavy (non-hydrogen) atoms. The lowest BCUT2D eigenvalue weighted by atomic mass is 9.99. The molecule has 0 N–H and O–H groups in total. The van der Waals surface area contributed by atoms with E-state index in [1.165, 1.54) is 5.56 Å². The van der Waals surface area contributed by atoms with Crippen LogP contribution in [0.4, 0.5) is 0 Å². The van der Waals surface area contributed by atoms with Gasteiger partial charge >= 0.3 is 0 Å². The SMILES string of the molecule is COc1cc(-c2ccccc2C)ccc1C=O. The number of benzene rings is 2. The number of aryl methyl sites for hydroxylation is 1. The lowest BCUT2D eigenvalue weighted by Crippen LogP contribution is -1.91. The first-order valence-electron chi connectivity index (χ1n) is 5.45. The van der Waals surface area contributed by atoms with Crippen LogP contribution in [0.2, 0.25) is 0 Å². The van der Waals surface area contributed by atoms with Gasteiger partial charge in [-0.05, 0) is 35.7 Å². The van der Waals surface area contributed by atoms with Crippen LogP contribution >= 0.6 is 0 Å². The van der Waals surface area contributed by atoms with E-state index in [0.717, 1.165) is 17.4 Å². The Morgan fingerprint density at radius 3 is 2.53 bits per heavy atom. The fourth-order valence-electron chi connectivity index (χ4n) is 1.87. The summed E-state index contributed by atoms with van der Waals surface area (Å²) in [6, 6.07) is 13.8. The monoisotopic (exact) mass is 226 g/mol. The van der Waals surface area contributed by atoms with Crippen molar-refractivity contribution in [1.29, 1.82) is 0 Å². The van der Waals surface area contributed by atoms with E-state index in [1.807, 2.05) is 24.3 Å². The van der Waals surface area contributed by atoms with Crippen LogP contribution in [0.15, 0.2) is 42.5 Å². The minimum absolute atomic E-state index is 0.574. The van der Waals surface area contributed by atoms with E-state index in [0.29, 0.717) is 11.3 Å². The fraction of sp³-hybridized carbons (Fsp3) is 0.133. The number of methoxy groups -OCH3 is 1. The Bertz CT molecular complexity index is 544. The van der Waals surface area contributed by atoms with Gasteiger partial charge in [-0.2, -0.15) is 0 Å². The third-order valence-corrected chi connectivity index (χ3v) is 2.82. The third-order valence-electron chi connectivity index (χ3n) is 2.82. The molecule has 0 radical (unpaired) electrons. The standard InChI is InChI=1S/C15H14O2/c1-11-5-3-4-6-14(11)12-7-8-13(10-16)15(9-12)17-2/h3-10H,1-2H3. The van der Waals surface area contributed by atoms with E-state index >= 15 is 0 Å². The molecule has 0 unspecified atom stereocenters. The molecule has 0 fully saturated rings. The summed E-state index contributed by atoms with van der Waals surface area (Å²) in [6.07, 6.45) is 0.806. The molecule has 0 heterocycles. The van der Waals surface area contributed by atoms with Gasteiger partial charge < -0.3 is 4.74 Å². The number of rotatable bonds is 3. The molecule has 0 aliphatic carbocycles. The van der Waals surface area contributed by atoms with E-state index in [9.17, 15) is 4.79 Å². The van der Waals surface area contributed by atoms with Gasteiger partial charge in [0.1, 0.15) is 5.75 Å². The minimum atomic E-state index is 0.574. The molecule has 0 atom stereocenters. The summed E-state index contributed by atoms with van der Waals surface area (Å²) in [6.45, 7) is 2.06. The zero-order valence-electron chi connectivity index (χ0n) is 9.94. The predicted octanol–water partition coefficient (Wildman–Crippen LogP) is 3.48. The molecule has 0 amide bonds. The molecule has 0 aliphatic rings. The Morgan fingerprint density at radius 2 is 1.88 bits per heavy atom. The third kappa shape index (κ3) is 2.21. The molecule has 2 aromatic carbocycles. The van der Waals surface area contributed by atoms with Gasteiger partial charge in [0.2, 0.25) is 0 Å². The number of ether oxygens (including phenoxy) is 1. The first-order chi connectivity index (χ1) is 8.26. The quantitative estimate of drug-likeness (QED) is 0.749. The average molecular weight is 226 g/mol. The number of aldehydes is 1. The highest BCUT2D eigenvalue weighted by molar-refractivity contribution is 5.82. The molecule has 0 bridgehead atoms. The molecule has 0 aliphatic heterocycles. The van der Waals surface area contributed by atoms with E-state index in [-0.39, 0.29) is 0 Å². The van der Waals surface area contributed by atoms with Crippen LogP contribution in [-0.2, 0) is 0 Å². The highest BCUT2D eigenvalue weighted by atomic mass is 16.5. The van der Waals surface area contributed by atoms with Crippen molar-refractivity contribution in [2.24, 2.45) is 0 Å². The van der Waals surface area contributed by atoms with Gasteiger partial charge in [0.15, 0.2) is 6.29 Å². The maximum Gasteiger partial charge on any atom is 0.153 e. The van der Waals surface area contributed by atoms with Crippen LogP contribution in [-0.4, -0.2) is 13.4 Å². The second-order valence-corrected chi connectivity index (χ2v) is 3.89. The van der Waals surface area contributed by atoms with E-state index in [1.54, 1.807) is 13.2 Å². The molecule has 0 saturated carbocycles. The largest absolute Gasteiger partial charge is 0.496 e. The molecule has 86 valence electrons. The lowest BCUT2D eigenvalue weighted by Gasteiger charge is -2.09. The van der Waals surface area contributed by atoms with Crippen molar-refractivity contribution in [3.8, 4) is 16.9 Å². The summed E-state index contributed by atoms with van der Waals surface area (Å²) in [7, 11) is 1.57. The van der Waals surface area contributed by atoms with Gasteiger partial charge in [-0.3, -0.25) is 4.79 Å². The van der Waals surface area contributed by atoms with Crippen molar-refractivity contribution in [2.45, 2.75) is 6.92 Å². The Balaban J connectivity index is 2.54. The maximum atomic E-state index is 10.8. The fourth-order valence-corrected chi connectivity index (χ4v) is 1.87. The number of carbonyl (C=O) groups excluding carboxylic acids is 1.